The number of carbonyl (C=O) groups is 3. The van der Waals surface area contributed by atoms with Gasteiger partial charge in [-0.2, -0.15) is 0 Å². The second-order valence-corrected chi connectivity index (χ2v) is 17.0. The van der Waals surface area contributed by atoms with Gasteiger partial charge in [0.2, 0.25) is 5.91 Å². The van der Waals surface area contributed by atoms with E-state index in [1.54, 1.807) is 0 Å². The number of carbonyl (C=O) groups excluding carboxylic acids is 2. The van der Waals surface area contributed by atoms with E-state index in [9.17, 15) is 34.1 Å². The molecular weight excluding hydrogens is 794 g/mol. The molecule has 0 radical (unpaired) electrons. The van der Waals surface area contributed by atoms with Gasteiger partial charge in [0.15, 0.2) is 6.04 Å². The summed E-state index contributed by atoms with van der Waals surface area (Å²) >= 11 is 0. The van der Waals surface area contributed by atoms with Crippen molar-refractivity contribution in [2.24, 2.45) is 0 Å². The van der Waals surface area contributed by atoms with Gasteiger partial charge in [0.25, 0.3) is 0 Å². The quantitative estimate of drug-likeness (QED) is 0.0200. The zero-order valence-electron chi connectivity index (χ0n) is 37.9. The van der Waals surface area contributed by atoms with Gasteiger partial charge in [-0.1, -0.05) is 164 Å². The summed E-state index contributed by atoms with van der Waals surface area (Å²) < 4.78 is 26.8. The van der Waals surface area contributed by atoms with E-state index in [1.807, 2.05) is 0 Å². The third kappa shape index (κ3) is 43.4. The first-order valence-electron chi connectivity index (χ1n) is 23.5. The van der Waals surface area contributed by atoms with Gasteiger partial charge in [0.05, 0.1) is 13.2 Å². The maximum atomic E-state index is 12.3. The summed E-state index contributed by atoms with van der Waals surface area (Å²) in [5.74, 6) is -2.41. The molecule has 0 aromatic carbocycles. The van der Waals surface area contributed by atoms with Crippen LogP contribution in [0.5, 0.6) is 0 Å². The average molecular weight is 878 g/mol. The van der Waals surface area contributed by atoms with Crippen molar-refractivity contribution in [2.45, 2.75) is 199 Å². The molecule has 0 aliphatic rings. The SMILES string of the molecule is CCCC/C=C\C/C=C\CCCCCCCC(=O)OCC(O)COP(=O)(O)OCC(NC(=O)CCCCCCCCC/C=C\C/C=C\C/C=C\C/C=C\CCCCC)C(=O)O. The highest BCUT2D eigenvalue weighted by Crippen LogP contribution is 2.43. The van der Waals surface area contributed by atoms with E-state index in [0.29, 0.717) is 12.8 Å². The maximum Gasteiger partial charge on any atom is 0.472 e. The molecule has 0 fully saturated rings. The van der Waals surface area contributed by atoms with Crippen LogP contribution in [0.3, 0.4) is 0 Å². The Kier molecular flexibility index (Phi) is 41.4. The molecule has 0 aliphatic heterocycles. The van der Waals surface area contributed by atoms with Gasteiger partial charge in [-0.15, -0.1) is 0 Å². The molecule has 0 saturated heterocycles. The molecule has 12 heteroatoms. The molecule has 0 aliphatic carbocycles. The Bertz CT molecular complexity index is 1310. The summed E-state index contributed by atoms with van der Waals surface area (Å²) in [5.41, 5.74) is 0. The summed E-state index contributed by atoms with van der Waals surface area (Å²) in [7, 11) is -4.77. The lowest BCUT2D eigenvalue weighted by Gasteiger charge is -2.18. The molecule has 1 amide bonds. The average Bonchev–Trinajstić information content (AvgIpc) is 3.24. The van der Waals surface area contributed by atoms with Gasteiger partial charge in [0.1, 0.15) is 12.7 Å². The molecule has 0 saturated carbocycles. The fourth-order valence-corrected chi connectivity index (χ4v) is 6.79. The van der Waals surface area contributed by atoms with Crippen molar-refractivity contribution in [2.75, 3.05) is 19.8 Å². The smallest absolute Gasteiger partial charge is 0.472 e. The second-order valence-electron chi connectivity index (χ2n) is 15.6. The molecule has 0 spiro atoms. The van der Waals surface area contributed by atoms with E-state index < -0.39 is 57.6 Å². The third-order valence-corrected chi connectivity index (χ3v) is 10.7. The van der Waals surface area contributed by atoms with Crippen LogP contribution in [0.1, 0.15) is 187 Å². The number of allylic oxidation sites excluding steroid dienone is 12. The monoisotopic (exact) mass is 878 g/mol. The molecule has 3 atom stereocenters. The first-order chi connectivity index (χ1) is 29.6. The molecule has 11 nitrogen and oxygen atoms in total. The van der Waals surface area contributed by atoms with Gasteiger partial charge in [-0.05, 0) is 83.5 Å². The number of ether oxygens (including phenoxy) is 1. The number of nitrogens with one attached hydrogen (secondary N) is 1. The zero-order chi connectivity index (χ0) is 44.9. The van der Waals surface area contributed by atoms with Crippen LogP contribution in [0.15, 0.2) is 72.9 Å². The molecule has 0 aromatic rings. The number of rotatable bonds is 43. The number of hydrogen-bond donors (Lipinski definition) is 4. The zero-order valence-corrected chi connectivity index (χ0v) is 38.8. The summed E-state index contributed by atoms with van der Waals surface area (Å²) in [5, 5.41) is 21.9. The number of unbranched alkanes of at least 4 members (excludes halogenated alkanes) is 17. The van der Waals surface area contributed by atoms with E-state index >= 15 is 0 Å². The minimum Gasteiger partial charge on any atom is -0.480 e. The molecule has 0 rings (SSSR count). The molecule has 4 N–H and O–H groups in total. The molecule has 0 heterocycles. The van der Waals surface area contributed by atoms with Gasteiger partial charge in [-0.3, -0.25) is 18.6 Å². The van der Waals surface area contributed by atoms with E-state index in [1.165, 1.54) is 38.5 Å². The number of aliphatic hydroxyl groups is 1. The van der Waals surface area contributed by atoms with Gasteiger partial charge >= 0.3 is 19.8 Å². The maximum absolute atomic E-state index is 12.3. The topological polar surface area (TPSA) is 169 Å². The molecular formula is C49H84NO10P. The number of hydrogen-bond acceptors (Lipinski definition) is 8. The van der Waals surface area contributed by atoms with Crippen LogP contribution in [0, 0.1) is 0 Å². The molecule has 61 heavy (non-hydrogen) atoms. The lowest BCUT2D eigenvalue weighted by molar-refractivity contribution is -0.147. The number of aliphatic carboxylic acids is 1. The summed E-state index contributed by atoms with van der Waals surface area (Å²) in [6.07, 6.45) is 52.0. The van der Waals surface area contributed by atoms with E-state index in [2.05, 4.69) is 92.1 Å². The third-order valence-electron chi connectivity index (χ3n) is 9.72. The lowest BCUT2D eigenvalue weighted by atomic mass is 10.1. The molecule has 350 valence electrons. The minimum absolute atomic E-state index is 0.129. The van der Waals surface area contributed by atoms with Crippen molar-refractivity contribution in [1.29, 1.82) is 0 Å². The van der Waals surface area contributed by atoms with Crippen LogP contribution in [0.25, 0.3) is 0 Å². The lowest BCUT2D eigenvalue weighted by Crippen LogP contribution is -2.43. The standard InChI is InChI=1S/C49H84NO10P/c1-3-5-7-9-11-13-15-17-19-20-21-22-23-24-25-26-27-28-30-32-34-36-38-40-47(52)50-46(49(54)55)44-60-61(56,57)59-43-45(51)42-58-48(53)41-39-37-35-33-31-29-18-16-14-12-10-8-6-4-2/h10-13,16-19,21-22,24-25,45-46,51H,3-9,14-15,20,23,26-44H2,1-2H3,(H,50,52)(H,54,55)(H,56,57)/b12-10-,13-11-,18-16-,19-17-,22-21-,25-24-. The van der Waals surface area contributed by atoms with Gasteiger partial charge in [-0.25, -0.2) is 9.36 Å². The normalized spacial score (nSPS) is 14.3. The molecule has 3 unspecified atom stereocenters. The first-order valence-corrected chi connectivity index (χ1v) is 25.0. The number of esters is 1. The Labute approximate surface area is 369 Å². The predicted octanol–water partition coefficient (Wildman–Crippen LogP) is 12.5. The largest absolute Gasteiger partial charge is 0.480 e. The van der Waals surface area contributed by atoms with Crippen LogP contribution in [0.4, 0.5) is 0 Å². The van der Waals surface area contributed by atoms with E-state index in [-0.39, 0.29) is 12.8 Å². The Morgan fingerprint density at radius 1 is 0.525 bits per heavy atom. The number of phosphoric ester groups is 1. The van der Waals surface area contributed by atoms with Crippen molar-refractivity contribution < 1.29 is 47.8 Å². The summed E-state index contributed by atoms with van der Waals surface area (Å²) in [6.45, 7) is 2.50. The van der Waals surface area contributed by atoms with Crippen molar-refractivity contribution in [3.63, 3.8) is 0 Å². The van der Waals surface area contributed by atoms with E-state index in [4.69, 9.17) is 13.8 Å². The number of phosphoric acid groups is 1. The number of carboxylic acids is 1. The number of aliphatic hydroxyl groups excluding tert-OH is 1. The van der Waals surface area contributed by atoms with E-state index in [0.717, 1.165) is 109 Å². The highest BCUT2D eigenvalue weighted by molar-refractivity contribution is 7.47. The van der Waals surface area contributed by atoms with Crippen LogP contribution < -0.4 is 5.32 Å². The fraction of sp³-hybridized carbons (Fsp3) is 0.694. The van der Waals surface area contributed by atoms with Crippen molar-refractivity contribution >= 4 is 25.7 Å². The highest BCUT2D eigenvalue weighted by Gasteiger charge is 2.28. The van der Waals surface area contributed by atoms with Crippen molar-refractivity contribution in [1.82, 2.24) is 5.32 Å². The van der Waals surface area contributed by atoms with Gasteiger partial charge < -0.3 is 25.2 Å². The van der Waals surface area contributed by atoms with Crippen LogP contribution in [-0.2, 0) is 32.7 Å². The fourth-order valence-electron chi connectivity index (χ4n) is 6.02. The van der Waals surface area contributed by atoms with Gasteiger partial charge in [0, 0.05) is 12.8 Å². The van der Waals surface area contributed by atoms with Crippen LogP contribution >= 0.6 is 7.82 Å². The Balaban J connectivity index is 3.93. The highest BCUT2D eigenvalue weighted by atomic mass is 31.2. The first kappa shape index (κ1) is 57.9. The van der Waals surface area contributed by atoms with Crippen molar-refractivity contribution in [3.05, 3.63) is 72.9 Å². The predicted molar refractivity (Wildman–Crippen MR) is 249 cm³/mol. The van der Waals surface area contributed by atoms with Crippen LogP contribution in [0.2, 0.25) is 0 Å². The Hall–Kier alpha value is -3.08. The second kappa shape index (κ2) is 43.6. The number of amides is 1. The van der Waals surface area contributed by atoms with Crippen molar-refractivity contribution in [3.8, 4) is 0 Å². The Morgan fingerprint density at radius 2 is 0.918 bits per heavy atom. The Morgan fingerprint density at radius 3 is 1.39 bits per heavy atom. The van der Waals surface area contributed by atoms with Crippen LogP contribution in [-0.4, -0.2) is 64.9 Å². The molecule has 0 bridgehead atoms. The summed E-state index contributed by atoms with van der Waals surface area (Å²) in [4.78, 5) is 46.0. The summed E-state index contributed by atoms with van der Waals surface area (Å²) in [6, 6.07) is -1.56. The number of carboxylic acid groups (broad SMARTS) is 1. The molecule has 0 aromatic heterocycles. The minimum atomic E-state index is -4.77.